The SMILES string of the molecule is CCn1cc(C(C)C(C)CN)cn1. The summed E-state index contributed by atoms with van der Waals surface area (Å²) in [7, 11) is 0. The van der Waals surface area contributed by atoms with Crippen LogP contribution in [0.4, 0.5) is 0 Å². The zero-order chi connectivity index (χ0) is 9.84. The maximum absolute atomic E-state index is 5.62. The lowest BCUT2D eigenvalue weighted by Crippen LogP contribution is -2.16. The molecule has 0 radical (unpaired) electrons. The summed E-state index contributed by atoms with van der Waals surface area (Å²) in [4.78, 5) is 0. The summed E-state index contributed by atoms with van der Waals surface area (Å²) >= 11 is 0. The normalized spacial score (nSPS) is 15.7. The molecule has 1 aromatic rings. The van der Waals surface area contributed by atoms with Crippen molar-refractivity contribution in [2.45, 2.75) is 33.2 Å². The van der Waals surface area contributed by atoms with E-state index in [0.29, 0.717) is 11.8 Å². The van der Waals surface area contributed by atoms with E-state index in [2.05, 4.69) is 32.1 Å². The molecule has 1 aromatic heterocycles. The van der Waals surface area contributed by atoms with Crippen molar-refractivity contribution >= 4 is 0 Å². The van der Waals surface area contributed by atoms with Crippen LogP contribution in [0.2, 0.25) is 0 Å². The predicted octanol–water partition coefficient (Wildman–Crippen LogP) is 1.60. The van der Waals surface area contributed by atoms with E-state index in [4.69, 9.17) is 5.73 Å². The molecule has 74 valence electrons. The number of aryl methyl sites for hydroxylation is 1. The smallest absolute Gasteiger partial charge is 0.0524 e. The fourth-order valence-corrected chi connectivity index (χ4v) is 1.32. The molecule has 2 unspecified atom stereocenters. The maximum atomic E-state index is 5.62. The minimum absolute atomic E-state index is 0.505. The fraction of sp³-hybridized carbons (Fsp3) is 0.700. The van der Waals surface area contributed by atoms with E-state index in [-0.39, 0.29) is 0 Å². The number of rotatable bonds is 4. The lowest BCUT2D eigenvalue weighted by Gasteiger charge is -2.15. The van der Waals surface area contributed by atoms with Gasteiger partial charge in [0.15, 0.2) is 0 Å². The van der Waals surface area contributed by atoms with Gasteiger partial charge in [0.05, 0.1) is 6.20 Å². The van der Waals surface area contributed by atoms with Gasteiger partial charge < -0.3 is 5.73 Å². The molecule has 0 fully saturated rings. The average molecular weight is 181 g/mol. The first kappa shape index (κ1) is 10.3. The van der Waals surface area contributed by atoms with Gasteiger partial charge in [-0.3, -0.25) is 4.68 Å². The second-order valence-corrected chi connectivity index (χ2v) is 3.63. The molecule has 0 aromatic carbocycles. The number of nitrogens with zero attached hydrogens (tertiary/aromatic N) is 2. The molecule has 1 heterocycles. The molecular formula is C10H19N3. The Morgan fingerprint density at radius 2 is 2.23 bits per heavy atom. The molecule has 0 saturated heterocycles. The van der Waals surface area contributed by atoms with Gasteiger partial charge in [0.2, 0.25) is 0 Å². The van der Waals surface area contributed by atoms with Crippen LogP contribution in [0, 0.1) is 5.92 Å². The molecule has 0 aliphatic rings. The quantitative estimate of drug-likeness (QED) is 0.766. The first-order valence-corrected chi connectivity index (χ1v) is 4.91. The molecule has 2 atom stereocenters. The summed E-state index contributed by atoms with van der Waals surface area (Å²) in [6.45, 7) is 8.14. The highest BCUT2D eigenvalue weighted by Crippen LogP contribution is 2.22. The Morgan fingerprint density at radius 1 is 1.54 bits per heavy atom. The van der Waals surface area contributed by atoms with Crippen LogP contribution in [0.3, 0.4) is 0 Å². The van der Waals surface area contributed by atoms with Crippen molar-refractivity contribution in [2.24, 2.45) is 11.7 Å². The van der Waals surface area contributed by atoms with E-state index in [0.717, 1.165) is 13.1 Å². The van der Waals surface area contributed by atoms with Crippen LogP contribution in [0.15, 0.2) is 12.4 Å². The van der Waals surface area contributed by atoms with Crippen LogP contribution in [0.25, 0.3) is 0 Å². The molecule has 0 spiro atoms. The molecule has 0 aliphatic heterocycles. The highest BCUT2D eigenvalue weighted by atomic mass is 15.3. The fourth-order valence-electron chi connectivity index (χ4n) is 1.32. The van der Waals surface area contributed by atoms with E-state index in [1.807, 2.05) is 10.9 Å². The summed E-state index contributed by atoms with van der Waals surface area (Å²) in [5, 5.41) is 4.25. The van der Waals surface area contributed by atoms with Gasteiger partial charge >= 0.3 is 0 Å². The third-order valence-corrected chi connectivity index (χ3v) is 2.73. The lowest BCUT2D eigenvalue weighted by molar-refractivity contribution is 0.498. The van der Waals surface area contributed by atoms with E-state index < -0.39 is 0 Å². The molecule has 1 rings (SSSR count). The molecule has 13 heavy (non-hydrogen) atoms. The maximum Gasteiger partial charge on any atom is 0.0524 e. The molecule has 0 amide bonds. The topological polar surface area (TPSA) is 43.8 Å². The summed E-state index contributed by atoms with van der Waals surface area (Å²) in [5.41, 5.74) is 6.91. The molecule has 2 N–H and O–H groups in total. The second kappa shape index (κ2) is 4.42. The molecular weight excluding hydrogens is 162 g/mol. The number of aromatic nitrogens is 2. The number of hydrogen-bond acceptors (Lipinski definition) is 2. The van der Waals surface area contributed by atoms with Crippen molar-refractivity contribution in [2.75, 3.05) is 6.54 Å². The van der Waals surface area contributed by atoms with Crippen LogP contribution in [0.5, 0.6) is 0 Å². The Bertz CT molecular complexity index is 254. The zero-order valence-electron chi connectivity index (χ0n) is 8.70. The van der Waals surface area contributed by atoms with Crippen LogP contribution in [-0.4, -0.2) is 16.3 Å². The molecule has 0 saturated carbocycles. The van der Waals surface area contributed by atoms with Crippen LogP contribution in [-0.2, 0) is 6.54 Å². The predicted molar refractivity (Wildman–Crippen MR) is 54.5 cm³/mol. The zero-order valence-corrected chi connectivity index (χ0v) is 8.70. The third-order valence-electron chi connectivity index (χ3n) is 2.73. The highest BCUT2D eigenvalue weighted by Gasteiger charge is 2.14. The van der Waals surface area contributed by atoms with Gasteiger partial charge in [0.25, 0.3) is 0 Å². The minimum Gasteiger partial charge on any atom is -0.330 e. The van der Waals surface area contributed by atoms with Gasteiger partial charge in [-0.25, -0.2) is 0 Å². The van der Waals surface area contributed by atoms with Gasteiger partial charge in [0.1, 0.15) is 0 Å². The second-order valence-electron chi connectivity index (χ2n) is 3.63. The van der Waals surface area contributed by atoms with Crippen molar-refractivity contribution in [3.8, 4) is 0 Å². The molecule has 0 aliphatic carbocycles. The lowest BCUT2D eigenvalue weighted by atomic mass is 9.91. The Balaban J connectivity index is 2.70. The first-order valence-electron chi connectivity index (χ1n) is 4.91. The van der Waals surface area contributed by atoms with E-state index >= 15 is 0 Å². The Morgan fingerprint density at radius 3 is 2.69 bits per heavy atom. The largest absolute Gasteiger partial charge is 0.330 e. The van der Waals surface area contributed by atoms with Gasteiger partial charge in [-0.1, -0.05) is 13.8 Å². The molecule has 3 heteroatoms. The minimum atomic E-state index is 0.505. The number of nitrogens with two attached hydrogens (primary N) is 1. The van der Waals surface area contributed by atoms with Gasteiger partial charge in [-0.15, -0.1) is 0 Å². The third kappa shape index (κ3) is 2.31. The molecule has 0 bridgehead atoms. The summed E-state index contributed by atoms with van der Waals surface area (Å²) < 4.78 is 1.95. The van der Waals surface area contributed by atoms with Crippen molar-refractivity contribution in [1.29, 1.82) is 0 Å². The Kier molecular flexibility index (Phi) is 3.48. The van der Waals surface area contributed by atoms with Gasteiger partial charge in [-0.2, -0.15) is 5.10 Å². The first-order chi connectivity index (χ1) is 6.19. The summed E-state index contributed by atoms with van der Waals surface area (Å²) in [5.74, 6) is 1.03. The van der Waals surface area contributed by atoms with Crippen molar-refractivity contribution < 1.29 is 0 Å². The van der Waals surface area contributed by atoms with Crippen molar-refractivity contribution in [1.82, 2.24) is 9.78 Å². The average Bonchev–Trinajstić information content (AvgIpc) is 2.63. The highest BCUT2D eigenvalue weighted by molar-refractivity contribution is 5.11. The Labute approximate surface area is 79.9 Å². The van der Waals surface area contributed by atoms with Crippen LogP contribution < -0.4 is 5.73 Å². The summed E-state index contributed by atoms with van der Waals surface area (Å²) in [6, 6.07) is 0. The van der Waals surface area contributed by atoms with Gasteiger partial charge in [-0.05, 0) is 30.9 Å². The van der Waals surface area contributed by atoms with E-state index in [1.54, 1.807) is 0 Å². The monoisotopic (exact) mass is 181 g/mol. The standard InChI is InChI=1S/C10H19N3/c1-4-13-7-10(6-12-13)9(3)8(2)5-11/h6-9H,4-5,11H2,1-3H3. The number of hydrogen-bond donors (Lipinski definition) is 1. The summed E-state index contributed by atoms with van der Waals surface area (Å²) in [6.07, 6.45) is 4.05. The van der Waals surface area contributed by atoms with Crippen molar-refractivity contribution in [3.63, 3.8) is 0 Å². The Hall–Kier alpha value is -0.830. The van der Waals surface area contributed by atoms with E-state index in [1.165, 1.54) is 5.56 Å². The van der Waals surface area contributed by atoms with Crippen LogP contribution in [0.1, 0.15) is 32.3 Å². The van der Waals surface area contributed by atoms with Crippen LogP contribution >= 0.6 is 0 Å². The van der Waals surface area contributed by atoms with Gasteiger partial charge in [0, 0.05) is 12.7 Å². The van der Waals surface area contributed by atoms with Crippen molar-refractivity contribution in [3.05, 3.63) is 18.0 Å². The molecule has 3 nitrogen and oxygen atoms in total. The van der Waals surface area contributed by atoms with E-state index in [9.17, 15) is 0 Å².